The van der Waals surface area contributed by atoms with Crippen molar-refractivity contribution in [2.24, 2.45) is 0 Å². The molecule has 0 unspecified atom stereocenters. The first kappa shape index (κ1) is 18.3. The van der Waals surface area contributed by atoms with Crippen LogP contribution in [0.1, 0.15) is 10.5 Å². The molecule has 1 amide bonds. The molecule has 0 atom stereocenters. The van der Waals surface area contributed by atoms with E-state index in [9.17, 15) is 18.0 Å². The fourth-order valence-corrected chi connectivity index (χ4v) is 2.31. The van der Waals surface area contributed by atoms with Crippen molar-refractivity contribution in [3.63, 3.8) is 0 Å². The summed E-state index contributed by atoms with van der Waals surface area (Å²) in [7, 11) is 1.41. The zero-order chi connectivity index (χ0) is 19.4. The van der Waals surface area contributed by atoms with Crippen molar-refractivity contribution in [1.82, 2.24) is 9.78 Å². The summed E-state index contributed by atoms with van der Waals surface area (Å²) in [6.45, 7) is 0. The standard InChI is InChI=1S/C18H14F3N3O3/c1-26-15-11-24(13-5-3-2-4-6-13)23-16(15)17(25)22-12-7-9-14(10-8-12)27-18(19,20)21/h2-11H,1H3,(H,22,25). The van der Waals surface area contributed by atoms with Gasteiger partial charge in [0.05, 0.1) is 19.0 Å². The van der Waals surface area contributed by atoms with Gasteiger partial charge in [-0.2, -0.15) is 5.10 Å². The van der Waals surface area contributed by atoms with Crippen LogP contribution in [0.4, 0.5) is 18.9 Å². The second kappa shape index (κ2) is 7.40. The van der Waals surface area contributed by atoms with Crippen LogP contribution in [0.5, 0.6) is 11.5 Å². The van der Waals surface area contributed by atoms with Crippen molar-refractivity contribution in [3.05, 3.63) is 66.5 Å². The number of aromatic nitrogens is 2. The van der Waals surface area contributed by atoms with E-state index in [4.69, 9.17) is 4.74 Å². The Hall–Kier alpha value is -3.49. The van der Waals surface area contributed by atoms with E-state index in [0.29, 0.717) is 0 Å². The van der Waals surface area contributed by atoms with Gasteiger partial charge in [0.15, 0.2) is 11.4 Å². The summed E-state index contributed by atoms with van der Waals surface area (Å²) in [5, 5.41) is 6.78. The zero-order valence-corrected chi connectivity index (χ0v) is 14.0. The average Bonchev–Trinajstić information content (AvgIpc) is 3.07. The molecule has 0 radical (unpaired) electrons. The van der Waals surface area contributed by atoms with Gasteiger partial charge < -0.3 is 14.8 Å². The van der Waals surface area contributed by atoms with E-state index in [0.717, 1.165) is 17.8 Å². The van der Waals surface area contributed by atoms with Crippen molar-refractivity contribution >= 4 is 11.6 Å². The van der Waals surface area contributed by atoms with Crippen molar-refractivity contribution in [2.75, 3.05) is 12.4 Å². The number of amides is 1. The summed E-state index contributed by atoms with van der Waals surface area (Å²) >= 11 is 0. The van der Waals surface area contributed by atoms with E-state index >= 15 is 0 Å². The number of carbonyl (C=O) groups excluding carboxylic acids is 1. The number of methoxy groups -OCH3 is 1. The Labute approximate surface area is 152 Å². The van der Waals surface area contributed by atoms with Crippen molar-refractivity contribution in [1.29, 1.82) is 0 Å². The number of para-hydroxylation sites is 1. The molecule has 27 heavy (non-hydrogen) atoms. The Morgan fingerprint density at radius 2 is 1.74 bits per heavy atom. The molecular weight excluding hydrogens is 363 g/mol. The lowest BCUT2D eigenvalue weighted by molar-refractivity contribution is -0.274. The van der Waals surface area contributed by atoms with Gasteiger partial charge in [0.2, 0.25) is 0 Å². The quantitative estimate of drug-likeness (QED) is 0.729. The number of hydrogen-bond acceptors (Lipinski definition) is 4. The van der Waals surface area contributed by atoms with Gasteiger partial charge in [0.1, 0.15) is 5.75 Å². The number of anilines is 1. The van der Waals surface area contributed by atoms with Crippen LogP contribution < -0.4 is 14.8 Å². The second-order valence-electron chi connectivity index (χ2n) is 5.35. The van der Waals surface area contributed by atoms with Gasteiger partial charge in [0.25, 0.3) is 5.91 Å². The molecule has 1 aromatic heterocycles. The third-order valence-electron chi connectivity index (χ3n) is 3.48. The fraction of sp³-hybridized carbons (Fsp3) is 0.111. The smallest absolute Gasteiger partial charge is 0.493 e. The maximum atomic E-state index is 12.5. The highest BCUT2D eigenvalue weighted by molar-refractivity contribution is 6.04. The van der Waals surface area contributed by atoms with Gasteiger partial charge >= 0.3 is 6.36 Å². The van der Waals surface area contributed by atoms with Gasteiger partial charge in [-0.1, -0.05) is 18.2 Å². The van der Waals surface area contributed by atoms with E-state index in [1.807, 2.05) is 30.3 Å². The second-order valence-corrected chi connectivity index (χ2v) is 5.35. The lowest BCUT2D eigenvalue weighted by Gasteiger charge is -2.09. The number of ether oxygens (including phenoxy) is 2. The molecule has 3 rings (SSSR count). The molecule has 1 N–H and O–H groups in total. The van der Waals surface area contributed by atoms with Crippen LogP contribution >= 0.6 is 0 Å². The van der Waals surface area contributed by atoms with Gasteiger partial charge in [-0.25, -0.2) is 4.68 Å². The van der Waals surface area contributed by atoms with Crippen LogP contribution in [0.15, 0.2) is 60.8 Å². The number of benzene rings is 2. The van der Waals surface area contributed by atoms with Gasteiger partial charge in [-0.15, -0.1) is 13.2 Å². The molecule has 2 aromatic carbocycles. The molecule has 6 nitrogen and oxygen atoms in total. The van der Waals surface area contributed by atoms with Crippen molar-refractivity contribution in [2.45, 2.75) is 6.36 Å². The number of carbonyl (C=O) groups is 1. The molecule has 0 fully saturated rings. The molecule has 0 aliphatic rings. The summed E-state index contributed by atoms with van der Waals surface area (Å²) in [5.41, 5.74) is 1.06. The molecule has 0 aliphatic heterocycles. The van der Waals surface area contributed by atoms with Crippen LogP contribution in [0, 0.1) is 0 Å². The average molecular weight is 377 g/mol. The Kier molecular flexibility index (Phi) is 5.02. The fourth-order valence-electron chi connectivity index (χ4n) is 2.31. The summed E-state index contributed by atoms with van der Waals surface area (Å²) in [5.74, 6) is -0.689. The predicted molar refractivity (Wildman–Crippen MR) is 91.2 cm³/mol. The molecule has 0 aliphatic carbocycles. The van der Waals surface area contributed by atoms with Gasteiger partial charge in [-0.3, -0.25) is 4.79 Å². The Morgan fingerprint density at radius 1 is 1.07 bits per heavy atom. The van der Waals surface area contributed by atoms with Crippen LogP contribution in [-0.4, -0.2) is 29.2 Å². The van der Waals surface area contributed by atoms with Crippen molar-refractivity contribution in [3.8, 4) is 17.2 Å². The third-order valence-corrected chi connectivity index (χ3v) is 3.48. The first-order chi connectivity index (χ1) is 12.9. The van der Waals surface area contributed by atoms with E-state index in [-0.39, 0.29) is 22.9 Å². The largest absolute Gasteiger partial charge is 0.573 e. The Morgan fingerprint density at radius 3 is 2.33 bits per heavy atom. The minimum Gasteiger partial charge on any atom is -0.493 e. The van der Waals surface area contributed by atoms with Gasteiger partial charge in [0, 0.05) is 5.69 Å². The number of rotatable bonds is 5. The molecule has 0 saturated carbocycles. The van der Waals surface area contributed by atoms with E-state index < -0.39 is 12.3 Å². The van der Waals surface area contributed by atoms with Crippen LogP contribution in [0.2, 0.25) is 0 Å². The number of alkyl halides is 3. The predicted octanol–water partition coefficient (Wildman–Crippen LogP) is 4.03. The normalized spacial score (nSPS) is 11.1. The molecule has 0 saturated heterocycles. The maximum absolute atomic E-state index is 12.5. The zero-order valence-electron chi connectivity index (χ0n) is 14.0. The number of halogens is 3. The molecule has 0 spiro atoms. The highest BCUT2D eigenvalue weighted by Gasteiger charge is 2.31. The molecule has 1 heterocycles. The monoisotopic (exact) mass is 377 g/mol. The molecule has 3 aromatic rings. The Bertz CT molecular complexity index is 923. The Balaban J connectivity index is 1.77. The summed E-state index contributed by atoms with van der Waals surface area (Å²) < 4.78 is 47.0. The highest BCUT2D eigenvalue weighted by Crippen LogP contribution is 2.25. The minimum atomic E-state index is -4.78. The SMILES string of the molecule is COc1cn(-c2ccccc2)nc1C(=O)Nc1ccc(OC(F)(F)F)cc1. The van der Waals surface area contributed by atoms with Crippen LogP contribution in [0.25, 0.3) is 5.69 Å². The third kappa shape index (κ3) is 4.57. The number of nitrogens with zero attached hydrogens (tertiary/aromatic N) is 2. The first-order valence-corrected chi connectivity index (χ1v) is 7.72. The van der Waals surface area contributed by atoms with Gasteiger partial charge in [-0.05, 0) is 36.4 Å². The molecule has 0 bridgehead atoms. The highest BCUT2D eigenvalue weighted by atomic mass is 19.4. The topological polar surface area (TPSA) is 65.4 Å². The molecule has 140 valence electrons. The minimum absolute atomic E-state index is 0.0389. The van der Waals surface area contributed by atoms with E-state index in [1.165, 1.54) is 23.9 Å². The van der Waals surface area contributed by atoms with Crippen LogP contribution in [0.3, 0.4) is 0 Å². The number of hydrogen-bond donors (Lipinski definition) is 1. The summed E-state index contributed by atoms with van der Waals surface area (Å²) in [6.07, 6.45) is -3.22. The van der Waals surface area contributed by atoms with Crippen molar-refractivity contribution < 1.29 is 27.4 Å². The summed E-state index contributed by atoms with van der Waals surface area (Å²) in [6, 6.07) is 13.9. The summed E-state index contributed by atoms with van der Waals surface area (Å²) in [4.78, 5) is 12.5. The maximum Gasteiger partial charge on any atom is 0.573 e. The lowest BCUT2D eigenvalue weighted by Crippen LogP contribution is -2.17. The van der Waals surface area contributed by atoms with E-state index in [1.54, 1.807) is 6.20 Å². The first-order valence-electron chi connectivity index (χ1n) is 7.72. The number of nitrogens with one attached hydrogen (secondary N) is 1. The molecular formula is C18H14F3N3O3. The molecule has 9 heteroatoms. The lowest BCUT2D eigenvalue weighted by atomic mass is 10.3. The van der Waals surface area contributed by atoms with Crippen LogP contribution in [-0.2, 0) is 0 Å². The van der Waals surface area contributed by atoms with E-state index in [2.05, 4.69) is 15.2 Å².